The number of unbranched alkanes of at least 4 members (excludes halogenated alkanes) is 2. The molecular formula is C90H135N13O22. The number of hydrogen-bond donors (Lipinski definition) is 9. The van der Waals surface area contributed by atoms with E-state index in [4.69, 9.17) is 68.7 Å². The molecule has 0 spiro atoms. The van der Waals surface area contributed by atoms with Crippen LogP contribution in [-0.4, -0.2) is 286 Å². The van der Waals surface area contributed by atoms with Crippen molar-refractivity contribution < 1.29 is 106 Å². The number of carbonyl (C=O) groups is 7. The van der Waals surface area contributed by atoms with Crippen LogP contribution in [0.25, 0.3) is 33.3 Å². The van der Waals surface area contributed by atoms with Gasteiger partial charge >= 0.3 is 5.97 Å². The molecule has 35 nitrogen and oxygen atoms in total. The highest BCUT2D eigenvalue weighted by Gasteiger charge is 2.53. The number of carbonyl (C=O) groups excluding carboxylic acids is 7. The fraction of sp³-hybridized carbons (Fsp3) is 0.667. The molecule has 2 saturated heterocycles. The van der Waals surface area contributed by atoms with Gasteiger partial charge in [-0.1, -0.05) is 69.4 Å². The minimum Gasteiger partial charge on any atom is -0.508 e. The number of allylic oxidation sites excluding steroid dienone is 6. The number of aliphatic hydroxyl groups excluding tert-OH is 2. The summed E-state index contributed by atoms with van der Waals surface area (Å²) in [5.74, 6) is -8.71. The van der Waals surface area contributed by atoms with E-state index >= 15 is 0 Å². The maximum absolute atomic E-state index is 14.7. The lowest BCUT2D eigenvalue weighted by Crippen LogP contribution is -2.61. The van der Waals surface area contributed by atoms with Crippen LogP contribution in [0.1, 0.15) is 163 Å². The molecule has 5 aromatic rings. The summed E-state index contributed by atoms with van der Waals surface area (Å²) in [6.45, 7) is 16.8. The Kier molecular flexibility index (Phi) is 41.6. The van der Waals surface area contributed by atoms with Gasteiger partial charge in [-0.2, -0.15) is 5.10 Å². The average Bonchev–Trinajstić information content (AvgIpc) is 1.62. The van der Waals surface area contributed by atoms with Gasteiger partial charge in [0, 0.05) is 114 Å². The molecular weight excluding hydrogens is 1620 g/mol. The number of rotatable bonds is 41. The van der Waals surface area contributed by atoms with E-state index < -0.39 is 95.4 Å². The molecule has 0 unspecified atom stereocenters. The Labute approximate surface area is 732 Å². The second-order valence-electron chi connectivity index (χ2n) is 33.4. The third-order valence-electron chi connectivity index (χ3n) is 23.7. The number of amides is 3. The zero-order valence-corrected chi connectivity index (χ0v) is 74.0. The Morgan fingerprint density at radius 2 is 1.43 bits per heavy atom. The van der Waals surface area contributed by atoms with E-state index in [0.29, 0.717) is 186 Å². The largest absolute Gasteiger partial charge is 0.508 e. The Balaban J connectivity index is 0.596. The zero-order chi connectivity index (χ0) is 89.8. The topological polar surface area (TPSA) is 471 Å². The van der Waals surface area contributed by atoms with Crippen molar-refractivity contribution in [1.82, 2.24) is 55.3 Å². The van der Waals surface area contributed by atoms with E-state index in [2.05, 4.69) is 35.9 Å². The number of fused-ring (bicyclic) bond motifs is 5. The number of aromatic nitrogens is 8. The number of aryl methyl sites for hydroxylation is 2. The number of anilines is 1. The summed E-state index contributed by atoms with van der Waals surface area (Å²) in [5.41, 5.74) is 18.0. The first-order valence-corrected chi connectivity index (χ1v) is 44.4. The van der Waals surface area contributed by atoms with Crippen molar-refractivity contribution in [3.05, 3.63) is 90.1 Å². The van der Waals surface area contributed by atoms with Crippen LogP contribution >= 0.6 is 0 Å². The summed E-state index contributed by atoms with van der Waals surface area (Å²) < 4.78 is 68.0. The Bertz CT molecular complexity index is 4360. The molecule has 3 aliphatic heterocycles. The number of benzene rings is 1. The molecule has 3 fully saturated rings. The Morgan fingerprint density at radius 3 is 2.15 bits per heavy atom. The number of H-pyrrole nitrogens is 1. The number of aromatic amines is 1. The van der Waals surface area contributed by atoms with Crippen LogP contribution in [0.2, 0.25) is 0 Å². The number of piperidine rings is 1. The maximum atomic E-state index is 14.7. The van der Waals surface area contributed by atoms with Gasteiger partial charge in [0.1, 0.15) is 53.7 Å². The quantitative estimate of drug-likeness (QED) is 0.00820. The number of esters is 1. The molecule has 7 heterocycles. The molecule has 2 bridgehead atoms. The minimum absolute atomic E-state index is 0.0221. The number of methoxy groups -OCH3 is 2. The van der Waals surface area contributed by atoms with Crippen molar-refractivity contribution in [2.45, 2.75) is 237 Å². The number of Topliss-reactive ketones (excluding diaryl/α,β-unsaturated/α-hetero) is 3. The van der Waals surface area contributed by atoms with Gasteiger partial charge < -0.3 is 105 Å². The van der Waals surface area contributed by atoms with Crippen LogP contribution in [0.3, 0.4) is 0 Å². The van der Waals surface area contributed by atoms with Crippen LogP contribution in [0, 0.1) is 29.6 Å². The van der Waals surface area contributed by atoms with Crippen molar-refractivity contribution in [1.29, 1.82) is 0 Å². The third kappa shape index (κ3) is 31.1. The van der Waals surface area contributed by atoms with Crippen molar-refractivity contribution in [2.24, 2.45) is 35.3 Å². The Morgan fingerprint density at radius 1 is 0.728 bits per heavy atom. The molecule has 9 rings (SSSR count). The smallest absolute Gasteiger partial charge is 0.329 e. The molecule has 1 aliphatic carbocycles. The molecule has 0 radical (unpaired) electrons. The second kappa shape index (κ2) is 52.0. The van der Waals surface area contributed by atoms with E-state index in [1.807, 2.05) is 56.5 Å². The molecule has 125 heavy (non-hydrogen) atoms. The fourth-order valence-corrected chi connectivity index (χ4v) is 16.3. The number of phenols is 1. The molecule has 3 amide bonds. The number of cyclic esters (lactones) is 1. The highest BCUT2D eigenvalue weighted by Crippen LogP contribution is 2.39. The SMILES string of the molecule is CO[C@H]1C[C@@H]2CC[C@@H](C)[C@@](O)(O2)C(=O)C(=O)N2CCCC[C@H]2C(=O)O[C@H]([C@H](N)C[C@@H]2CC[C@@H](OCCCCc3cn(CCOCCOCCOCCC(=O)NCCOCCOCCOCCC(=O)NCCCCn4nc(-c5cc6cc(O)ccc6[nH]5)c5c(N)ncnc54)nn3)[C@H](OC)C2)CC(=O)[C@H](C)/C=C(\C)[C@@H](O)[C@@H](O)C(=O)[C@H](C)C[C@H](C)/C=C/C=C/C=C/1C. The fourth-order valence-electron chi connectivity index (χ4n) is 16.3. The first-order valence-electron chi connectivity index (χ1n) is 44.4. The van der Waals surface area contributed by atoms with Gasteiger partial charge in [-0.05, 0) is 157 Å². The van der Waals surface area contributed by atoms with Gasteiger partial charge in [-0.3, -0.25) is 28.8 Å². The summed E-state index contributed by atoms with van der Waals surface area (Å²) >= 11 is 0. The lowest BCUT2D eigenvalue weighted by molar-refractivity contribution is -0.265. The number of nitrogens with zero attached hydrogens (tertiary/aromatic N) is 8. The van der Waals surface area contributed by atoms with Gasteiger partial charge in [0.2, 0.25) is 17.6 Å². The number of ether oxygens (including phenoxy) is 11. The van der Waals surface area contributed by atoms with Crippen LogP contribution in [0.15, 0.2) is 84.4 Å². The van der Waals surface area contributed by atoms with E-state index in [-0.39, 0.29) is 99.0 Å². The number of hydrogen-bond acceptors (Lipinski definition) is 29. The van der Waals surface area contributed by atoms with E-state index in [9.17, 15) is 54.0 Å². The average molecular weight is 1750 g/mol. The standard InChI is InChI=1S/C90H135N13O22/c1-58-18-10-9-11-19-59(2)75(115-7)54-68-25-22-63(6)90(114,125-68)85(111)88(112)102-32-15-12-21-72(102)89(113)124-76(55-73(105)60(3)49-62(5)83(109)84(110)82(108)61(4)48-58)69(91)50-64-23-27-74(77(51-64)116-8)123-35-17-13-20-66-56-101(100-98-66)34-39-120-43-47-122-45-41-118-37-29-79(107)94-31-38-119-42-46-121-44-40-117-36-28-78(106)93-30-14-16-33-103-87-80(86(92)95-57-96-87)81(99-103)71-53-65-52-67(104)24-26-70(65)97-71/h9-11,18-19,24,26,49,52-53,56-58,60-61,63-64,68-69,72,74-77,83-84,97,104,109-110,114H,12-17,20-23,25,27-48,50-51,54-55,91H2,1-8H3,(H,93,106)(H,94,107)(H2,92,95,96)/b11-9+,18-10+,59-19+,62-49+/t58-,60-,61-,63-,64+,68+,69-,72+,74-,75+,76+,77-,83-,84+,90-/m1/s1. The first kappa shape index (κ1) is 100. The summed E-state index contributed by atoms with van der Waals surface area (Å²) in [6, 6.07) is 4.85. The molecule has 4 aliphatic rings. The van der Waals surface area contributed by atoms with E-state index in [1.165, 1.54) is 19.3 Å². The number of ketones is 3. The van der Waals surface area contributed by atoms with Gasteiger partial charge in [0.15, 0.2) is 11.4 Å². The highest BCUT2D eigenvalue weighted by atomic mass is 16.6. The van der Waals surface area contributed by atoms with Crippen molar-refractivity contribution in [3.63, 3.8) is 0 Å². The Hall–Kier alpha value is -8.66. The first-order chi connectivity index (χ1) is 60.2. The van der Waals surface area contributed by atoms with Crippen molar-refractivity contribution in [3.8, 4) is 17.1 Å². The molecule has 692 valence electrons. The number of phenolic OH excluding ortho intramolecular Hbond substituents is 1. The summed E-state index contributed by atoms with van der Waals surface area (Å²) in [6.07, 6.45) is 16.7. The molecule has 4 aromatic heterocycles. The maximum Gasteiger partial charge on any atom is 0.329 e. The monoisotopic (exact) mass is 1750 g/mol. The second-order valence-corrected chi connectivity index (χ2v) is 33.4. The van der Waals surface area contributed by atoms with E-state index in [0.717, 1.165) is 58.4 Å². The minimum atomic E-state index is -2.49. The molecule has 35 heteroatoms. The lowest BCUT2D eigenvalue weighted by atomic mass is 9.80. The van der Waals surface area contributed by atoms with Crippen LogP contribution < -0.4 is 22.1 Å². The van der Waals surface area contributed by atoms with Gasteiger partial charge in [-0.25, -0.2) is 24.1 Å². The predicted octanol–water partition coefficient (Wildman–Crippen LogP) is 7.02. The summed E-state index contributed by atoms with van der Waals surface area (Å²) in [4.78, 5) is 109. The highest BCUT2D eigenvalue weighted by molar-refractivity contribution is 6.39. The number of nitrogen functional groups attached to an aromatic ring is 1. The van der Waals surface area contributed by atoms with Gasteiger partial charge in [0.25, 0.3) is 11.7 Å². The van der Waals surface area contributed by atoms with Crippen molar-refractivity contribution >= 4 is 68.8 Å². The molecule has 15 atom stereocenters. The van der Waals surface area contributed by atoms with Crippen LogP contribution in [0.5, 0.6) is 5.75 Å². The predicted molar refractivity (Wildman–Crippen MR) is 464 cm³/mol. The number of nitrogens with two attached hydrogens (primary N) is 2. The number of aromatic hydroxyl groups is 1. The van der Waals surface area contributed by atoms with Gasteiger partial charge in [0.05, 0.1) is 127 Å². The van der Waals surface area contributed by atoms with Crippen LogP contribution in [0.4, 0.5) is 5.82 Å². The van der Waals surface area contributed by atoms with Crippen molar-refractivity contribution in [2.75, 3.05) is 125 Å². The normalized spacial score (nSPS) is 26.7. The summed E-state index contributed by atoms with van der Waals surface area (Å²) in [5, 5.41) is 65.2. The third-order valence-corrected chi connectivity index (χ3v) is 23.7. The molecule has 11 N–H and O–H groups in total. The van der Waals surface area contributed by atoms with Gasteiger partial charge in [-0.15, -0.1) is 5.10 Å². The lowest BCUT2D eigenvalue weighted by Gasteiger charge is -2.42. The van der Waals surface area contributed by atoms with Crippen LogP contribution in [-0.2, 0) is 105 Å². The van der Waals surface area contributed by atoms with E-state index in [1.54, 1.807) is 62.6 Å². The molecule has 1 saturated carbocycles. The zero-order valence-electron chi connectivity index (χ0n) is 74.0. The number of nitrogens with one attached hydrogen (secondary N) is 3. The summed E-state index contributed by atoms with van der Waals surface area (Å²) in [7, 11) is 3.19. The number of aliphatic hydroxyl groups is 3. The molecule has 1 aromatic carbocycles.